The van der Waals surface area contributed by atoms with E-state index in [0.29, 0.717) is 30.8 Å². The van der Waals surface area contributed by atoms with Crippen LogP contribution in [0.2, 0.25) is 0 Å². The molecule has 3 aliphatic heterocycles. The summed E-state index contributed by atoms with van der Waals surface area (Å²) >= 11 is 0. The minimum absolute atomic E-state index is 0.0117. The third-order valence-corrected chi connectivity index (χ3v) is 7.95. The molecule has 4 heterocycles. The van der Waals surface area contributed by atoms with Gasteiger partial charge in [0.25, 0.3) is 5.56 Å². The van der Waals surface area contributed by atoms with Crippen molar-refractivity contribution in [2.45, 2.75) is 32.1 Å². The number of rotatable bonds is 5. The van der Waals surface area contributed by atoms with Crippen molar-refractivity contribution in [3.63, 3.8) is 0 Å². The Kier molecular flexibility index (Phi) is 6.61. The lowest BCUT2D eigenvalue weighted by atomic mass is 9.88. The third-order valence-electron chi connectivity index (χ3n) is 7.95. The Labute approximate surface area is 205 Å². The summed E-state index contributed by atoms with van der Waals surface area (Å²) < 4.78 is 16.5. The number of carbonyl (C=O) groups excluding carboxylic acids is 1. The fourth-order valence-corrected chi connectivity index (χ4v) is 6.13. The molecule has 0 radical (unpaired) electrons. The fourth-order valence-electron chi connectivity index (χ4n) is 6.13. The topological polar surface area (TPSA) is 69.0 Å². The summed E-state index contributed by atoms with van der Waals surface area (Å²) in [6, 6.07) is 9.57. The van der Waals surface area contributed by atoms with E-state index in [1.165, 1.54) is 6.07 Å². The van der Waals surface area contributed by atoms with Crippen LogP contribution in [0, 0.1) is 17.7 Å². The molecule has 8 heteroatoms. The van der Waals surface area contributed by atoms with E-state index in [-0.39, 0.29) is 48.3 Å². The molecule has 0 unspecified atom stereocenters. The first-order chi connectivity index (χ1) is 16.9. The first kappa shape index (κ1) is 23.9. The van der Waals surface area contributed by atoms with Crippen LogP contribution in [0.5, 0.6) is 0 Å². The number of piperazine rings is 1. The van der Waals surface area contributed by atoms with Gasteiger partial charge in [0.1, 0.15) is 5.82 Å². The summed E-state index contributed by atoms with van der Waals surface area (Å²) in [5.41, 5.74) is 1.88. The summed E-state index contributed by atoms with van der Waals surface area (Å²) in [6.45, 7) is 5.26. The summed E-state index contributed by atoms with van der Waals surface area (Å²) in [4.78, 5) is 33.2. The number of nitrogens with zero attached hydrogens (tertiary/aromatic N) is 4. The largest absolute Gasteiger partial charge is 0.396 e. The quantitative estimate of drug-likeness (QED) is 0.709. The predicted molar refractivity (Wildman–Crippen MR) is 132 cm³/mol. The molecule has 7 nitrogen and oxygen atoms in total. The molecule has 4 atom stereocenters. The number of hydrogen-bond donors (Lipinski definition) is 1. The second-order valence-corrected chi connectivity index (χ2v) is 9.92. The van der Waals surface area contributed by atoms with Crippen molar-refractivity contribution >= 4 is 12.0 Å². The van der Waals surface area contributed by atoms with E-state index in [1.807, 2.05) is 42.0 Å². The minimum Gasteiger partial charge on any atom is -0.396 e. The van der Waals surface area contributed by atoms with E-state index in [9.17, 15) is 19.1 Å². The molecule has 186 valence electrons. The van der Waals surface area contributed by atoms with E-state index in [0.717, 1.165) is 18.8 Å². The van der Waals surface area contributed by atoms with Crippen LogP contribution < -0.4 is 5.56 Å². The van der Waals surface area contributed by atoms with E-state index in [2.05, 4.69) is 4.90 Å². The van der Waals surface area contributed by atoms with Crippen LogP contribution in [0.3, 0.4) is 0 Å². The molecule has 1 aromatic carbocycles. The van der Waals surface area contributed by atoms with Crippen molar-refractivity contribution in [2.24, 2.45) is 11.8 Å². The van der Waals surface area contributed by atoms with Crippen LogP contribution in [-0.4, -0.2) is 76.2 Å². The van der Waals surface area contributed by atoms with Crippen molar-refractivity contribution in [1.29, 1.82) is 0 Å². The Balaban J connectivity index is 1.57. The maximum Gasteiger partial charge on any atom is 0.258 e. The van der Waals surface area contributed by atoms with Gasteiger partial charge in [-0.2, -0.15) is 0 Å². The SMILES string of the molecule is C/C=C\c1ccc2n(c1=O)C[C@H]1[C@H](CO)[C@@H](C(=O)N3CCN(C)CC3)N(Cc3ccccc3F)[C@@H]21. The highest BCUT2D eigenvalue weighted by Crippen LogP contribution is 2.50. The molecule has 0 saturated carbocycles. The number of aliphatic hydroxyl groups is 1. The summed E-state index contributed by atoms with van der Waals surface area (Å²) in [5.74, 6) is -0.784. The van der Waals surface area contributed by atoms with Gasteiger partial charge in [0.2, 0.25) is 5.91 Å². The zero-order valence-corrected chi connectivity index (χ0v) is 20.3. The van der Waals surface area contributed by atoms with E-state index >= 15 is 0 Å². The number of likely N-dealkylation sites (N-methyl/N-ethyl adjacent to an activating group) is 1. The zero-order chi connectivity index (χ0) is 24.7. The number of allylic oxidation sites excluding steroid dienone is 1. The standard InChI is InChI=1S/C27H33FN4O3/c1-3-6-18-9-10-23-24-20(16-31(23)26(18)34)21(17-33)25(27(35)30-13-11-29(2)12-14-30)32(24)15-19-7-4-5-8-22(19)28/h3-10,20-21,24-25,33H,11-17H2,1-2H3/b6-3-/t20-,21-,24+,25-/m0/s1. The molecule has 1 N–H and O–H groups in total. The van der Waals surface area contributed by atoms with Crippen LogP contribution in [-0.2, 0) is 17.9 Å². The highest BCUT2D eigenvalue weighted by Gasteiger charge is 2.56. The normalized spacial score (nSPS) is 26.9. The molecule has 35 heavy (non-hydrogen) atoms. The second-order valence-electron chi connectivity index (χ2n) is 9.92. The average Bonchev–Trinajstić information content (AvgIpc) is 3.38. The highest BCUT2D eigenvalue weighted by atomic mass is 19.1. The number of benzene rings is 1. The van der Waals surface area contributed by atoms with Gasteiger partial charge in [-0.05, 0) is 32.2 Å². The highest BCUT2D eigenvalue weighted by molar-refractivity contribution is 5.83. The summed E-state index contributed by atoms with van der Waals surface area (Å²) in [7, 11) is 2.04. The minimum atomic E-state index is -0.572. The average molecular weight is 481 g/mol. The lowest BCUT2D eigenvalue weighted by Gasteiger charge is -2.38. The molecule has 2 saturated heterocycles. The number of fused-ring (bicyclic) bond motifs is 3. The van der Waals surface area contributed by atoms with Gasteiger partial charge in [0.05, 0.1) is 12.1 Å². The molecule has 1 amide bonds. The summed E-state index contributed by atoms with van der Waals surface area (Å²) in [5, 5.41) is 10.5. The molecule has 2 aromatic rings. The van der Waals surface area contributed by atoms with Gasteiger partial charge < -0.3 is 19.5 Å². The van der Waals surface area contributed by atoms with E-state index in [1.54, 1.807) is 28.8 Å². The first-order valence-electron chi connectivity index (χ1n) is 12.4. The molecular weight excluding hydrogens is 447 g/mol. The van der Waals surface area contributed by atoms with Gasteiger partial charge in [-0.3, -0.25) is 14.5 Å². The number of aliphatic hydroxyl groups excluding tert-OH is 1. The summed E-state index contributed by atoms with van der Waals surface area (Å²) in [6.07, 6.45) is 3.63. The monoisotopic (exact) mass is 480 g/mol. The molecule has 0 spiro atoms. The lowest BCUT2D eigenvalue weighted by molar-refractivity contribution is -0.140. The fraction of sp³-hybridized carbons (Fsp3) is 0.481. The van der Waals surface area contributed by atoms with Gasteiger partial charge in [0.15, 0.2) is 0 Å². The molecule has 1 aromatic heterocycles. The Bertz CT molecular complexity index is 1190. The second kappa shape index (κ2) is 9.68. The van der Waals surface area contributed by atoms with Crippen LogP contribution in [0.15, 0.2) is 47.3 Å². The maximum absolute atomic E-state index is 14.7. The van der Waals surface area contributed by atoms with Crippen molar-refractivity contribution in [3.05, 3.63) is 75.5 Å². The zero-order valence-electron chi connectivity index (χ0n) is 20.3. The lowest BCUT2D eigenvalue weighted by Crippen LogP contribution is -2.55. The van der Waals surface area contributed by atoms with Crippen molar-refractivity contribution in [2.75, 3.05) is 39.8 Å². The number of likely N-dealkylation sites (tertiary alicyclic amines) is 1. The van der Waals surface area contributed by atoms with E-state index < -0.39 is 6.04 Å². The molecule has 3 aliphatic rings. The van der Waals surface area contributed by atoms with Crippen LogP contribution in [0.1, 0.15) is 29.8 Å². The molecule has 2 fully saturated rings. The smallest absolute Gasteiger partial charge is 0.258 e. The number of pyridine rings is 1. The molecule has 5 rings (SSSR count). The number of amides is 1. The van der Waals surface area contributed by atoms with Crippen LogP contribution in [0.4, 0.5) is 4.39 Å². The first-order valence-corrected chi connectivity index (χ1v) is 12.4. The third kappa shape index (κ3) is 4.13. The Morgan fingerprint density at radius 3 is 2.57 bits per heavy atom. The number of aromatic nitrogens is 1. The van der Waals surface area contributed by atoms with Gasteiger partial charge in [0, 0.05) is 74.5 Å². The Morgan fingerprint density at radius 1 is 1.14 bits per heavy atom. The van der Waals surface area contributed by atoms with Crippen LogP contribution >= 0.6 is 0 Å². The number of halogens is 1. The number of carbonyl (C=O) groups is 1. The predicted octanol–water partition coefficient (Wildman–Crippen LogP) is 1.96. The Hall–Kier alpha value is -2.81. The molecule has 0 bridgehead atoms. The maximum atomic E-state index is 14.7. The number of hydrogen-bond acceptors (Lipinski definition) is 5. The van der Waals surface area contributed by atoms with Crippen molar-refractivity contribution < 1.29 is 14.3 Å². The van der Waals surface area contributed by atoms with Crippen molar-refractivity contribution in [3.8, 4) is 0 Å². The molecule has 0 aliphatic carbocycles. The van der Waals surface area contributed by atoms with Gasteiger partial charge >= 0.3 is 0 Å². The van der Waals surface area contributed by atoms with Gasteiger partial charge in [-0.1, -0.05) is 30.4 Å². The van der Waals surface area contributed by atoms with Gasteiger partial charge in [-0.25, -0.2) is 4.39 Å². The van der Waals surface area contributed by atoms with Gasteiger partial charge in [-0.15, -0.1) is 0 Å². The van der Waals surface area contributed by atoms with Crippen molar-refractivity contribution in [1.82, 2.24) is 19.3 Å². The van der Waals surface area contributed by atoms with Crippen LogP contribution in [0.25, 0.3) is 6.08 Å². The Morgan fingerprint density at radius 2 is 1.89 bits per heavy atom. The molecular formula is C27H33FN4O3. The van der Waals surface area contributed by atoms with E-state index in [4.69, 9.17) is 0 Å².